The number of hydrogen-bond acceptors (Lipinski definition) is 5. The van der Waals surface area contributed by atoms with Crippen molar-refractivity contribution in [3.63, 3.8) is 0 Å². The fourth-order valence-corrected chi connectivity index (χ4v) is 3.10. The lowest BCUT2D eigenvalue weighted by molar-refractivity contribution is 0.102. The summed E-state index contributed by atoms with van der Waals surface area (Å²) in [7, 11) is 0. The Morgan fingerprint density at radius 1 is 1.16 bits per heavy atom. The quantitative estimate of drug-likeness (QED) is 0.796. The number of nitrogens with one attached hydrogen (secondary N) is 1. The van der Waals surface area contributed by atoms with Crippen LogP contribution in [0, 0.1) is 5.92 Å². The lowest BCUT2D eigenvalue weighted by Gasteiger charge is -2.31. The highest BCUT2D eigenvalue weighted by Crippen LogP contribution is 2.23. The molecular weight excluding hydrogens is 316 g/mol. The predicted octanol–water partition coefficient (Wildman–Crippen LogP) is 2.61. The first kappa shape index (κ1) is 15.6. The van der Waals surface area contributed by atoms with Crippen LogP contribution in [0.1, 0.15) is 30.1 Å². The van der Waals surface area contributed by atoms with Crippen LogP contribution in [0.5, 0.6) is 0 Å². The summed E-state index contributed by atoms with van der Waals surface area (Å²) < 4.78 is 1.80. The molecule has 0 atom stereocenters. The average Bonchev–Trinajstić information content (AvgIpc) is 3.05. The Bertz CT molecular complexity index is 883. The molecule has 0 aromatic carbocycles. The molecule has 0 bridgehead atoms. The standard InChI is InChI=1S/C18H20N6O/c1-13-7-11-23(12-8-13)16-4-2-3-15-20-18(22-24(15)16)21-17(25)14-5-9-19-10-6-14/h2-6,9-10,13H,7-8,11-12H2,1H3,(H,21,22,25). The van der Waals surface area contributed by atoms with Crippen LogP contribution in [0.4, 0.5) is 11.8 Å². The van der Waals surface area contributed by atoms with Gasteiger partial charge in [-0.25, -0.2) is 0 Å². The van der Waals surface area contributed by atoms with E-state index in [-0.39, 0.29) is 5.91 Å². The van der Waals surface area contributed by atoms with Gasteiger partial charge in [0.2, 0.25) is 5.95 Å². The number of anilines is 2. The molecule has 25 heavy (non-hydrogen) atoms. The number of amides is 1. The third kappa shape index (κ3) is 3.17. The van der Waals surface area contributed by atoms with Crippen molar-refractivity contribution in [1.82, 2.24) is 19.6 Å². The van der Waals surface area contributed by atoms with Crippen LogP contribution in [0.15, 0.2) is 42.7 Å². The third-order valence-electron chi connectivity index (χ3n) is 4.62. The summed E-state index contributed by atoms with van der Waals surface area (Å²) in [6.45, 7) is 4.32. The molecule has 0 unspecified atom stereocenters. The third-order valence-corrected chi connectivity index (χ3v) is 4.62. The zero-order valence-corrected chi connectivity index (χ0v) is 14.1. The van der Waals surface area contributed by atoms with Gasteiger partial charge < -0.3 is 4.90 Å². The molecule has 0 aliphatic carbocycles. The molecule has 4 rings (SSSR count). The first-order valence-corrected chi connectivity index (χ1v) is 8.53. The van der Waals surface area contributed by atoms with Gasteiger partial charge in [0.25, 0.3) is 5.91 Å². The molecule has 3 aromatic rings. The second-order valence-corrected chi connectivity index (χ2v) is 6.45. The van der Waals surface area contributed by atoms with Gasteiger partial charge in [0.15, 0.2) is 5.65 Å². The fraction of sp³-hybridized carbons (Fsp3) is 0.333. The number of carbonyl (C=O) groups is 1. The van der Waals surface area contributed by atoms with Crippen LogP contribution >= 0.6 is 0 Å². The summed E-state index contributed by atoms with van der Waals surface area (Å²) in [6, 6.07) is 9.24. The number of fused-ring (bicyclic) bond motifs is 1. The van der Waals surface area contributed by atoms with Gasteiger partial charge in [0, 0.05) is 31.0 Å². The van der Waals surface area contributed by atoms with Gasteiger partial charge in [-0.2, -0.15) is 9.50 Å². The average molecular weight is 336 g/mol. The van der Waals surface area contributed by atoms with E-state index in [4.69, 9.17) is 0 Å². The van der Waals surface area contributed by atoms with E-state index < -0.39 is 0 Å². The maximum absolute atomic E-state index is 12.3. The van der Waals surface area contributed by atoms with Crippen molar-refractivity contribution in [2.75, 3.05) is 23.3 Å². The van der Waals surface area contributed by atoms with Crippen molar-refractivity contribution < 1.29 is 4.79 Å². The first-order chi connectivity index (χ1) is 12.2. The summed E-state index contributed by atoms with van der Waals surface area (Å²) in [5, 5.41) is 7.25. The van der Waals surface area contributed by atoms with E-state index in [1.807, 2.05) is 18.2 Å². The highest BCUT2D eigenvalue weighted by Gasteiger charge is 2.19. The second-order valence-electron chi connectivity index (χ2n) is 6.45. The van der Waals surface area contributed by atoms with Crippen molar-refractivity contribution >= 4 is 23.3 Å². The lowest BCUT2D eigenvalue weighted by atomic mass is 9.99. The Labute approximate surface area is 145 Å². The van der Waals surface area contributed by atoms with Gasteiger partial charge in [0.05, 0.1) is 0 Å². The van der Waals surface area contributed by atoms with Gasteiger partial charge in [0.1, 0.15) is 5.82 Å². The van der Waals surface area contributed by atoms with Crippen molar-refractivity contribution in [2.24, 2.45) is 5.92 Å². The molecule has 1 fully saturated rings. The topological polar surface area (TPSA) is 75.4 Å². The van der Waals surface area contributed by atoms with Crippen molar-refractivity contribution in [3.05, 3.63) is 48.3 Å². The van der Waals surface area contributed by atoms with Gasteiger partial charge in [-0.15, -0.1) is 5.10 Å². The monoisotopic (exact) mass is 336 g/mol. The first-order valence-electron chi connectivity index (χ1n) is 8.53. The number of piperidine rings is 1. The van der Waals surface area contributed by atoms with Crippen molar-refractivity contribution in [1.29, 1.82) is 0 Å². The fourth-order valence-electron chi connectivity index (χ4n) is 3.10. The normalized spacial score (nSPS) is 15.5. The summed E-state index contributed by atoms with van der Waals surface area (Å²) in [5.74, 6) is 1.84. The molecule has 0 saturated carbocycles. The van der Waals surface area contributed by atoms with Gasteiger partial charge in [-0.05, 0) is 43.0 Å². The number of carbonyl (C=O) groups excluding carboxylic acids is 1. The minimum absolute atomic E-state index is 0.244. The van der Waals surface area contributed by atoms with Gasteiger partial charge in [-0.1, -0.05) is 13.0 Å². The molecule has 1 amide bonds. The minimum atomic E-state index is -0.244. The Morgan fingerprint density at radius 2 is 1.92 bits per heavy atom. The molecule has 128 valence electrons. The van der Waals surface area contributed by atoms with E-state index in [9.17, 15) is 4.79 Å². The molecular formula is C18H20N6O. The number of nitrogens with zero attached hydrogens (tertiary/aromatic N) is 5. The maximum Gasteiger partial charge on any atom is 0.258 e. The van der Waals surface area contributed by atoms with Crippen molar-refractivity contribution in [2.45, 2.75) is 19.8 Å². The highest BCUT2D eigenvalue weighted by molar-refractivity contribution is 6.03. The Hall–Kier alpha value is -2.96. The van der Waals surface area contributed by atoms with Crippen molar-refractivity contribution in [3.8, 4) is 0 Å². The molecule has 1 N–H and O–H groups in total. The van der Waals surface area contributed by atoms with Crippen LogP contribution in [0.2, 0.25) is 0 Å². The maximum atomic E-state index is 12.3. The van der Waals surface area contributed by atoms with Crippen LogP contribution in [-0.2, 0) is 0 Å². The van der Waals surface area contributed by atoms with Crippen LogP contribution in [-0.4, -0.2) is 38.6 Å². The molecule has 3 aromatic heterocycles. The summed E-state index contributed by atoms with van der Waals surface area (Å²) in [6.07, 6.45) is 5.52. The van der Waals surface area contributed by atoms with E-state index in [1.54, 1.807) is 29.0 Å². The van der Waals surface area contributed by atoms with Gasteiger partial charge >= 0.3 is 0 Å². The van der Waals surface area contributed by atoms with E-state index in [2.05, 4.69) is 32.2 Å². The number of aromatic nitrogens is 4. The van der Waals surface area contributed by atoms with Crippen LogP contribution in [0.3, 0.4) is 0 Å². The Balaban J connectivity index is 1.60. The summed E-state index contributed by atoms with van der Waals surface area (Å²) in [5.41, 5.74) is 1.25. The SMILES string of the molecule is CC1CCN(c2cccc3nc(NC(=O)c4ccncc4)nn23)CC1. The van der Waals surface area contributed by atoms with Gasteiger partial charge in [-0.3, -0.25) is 15.1 Å². The highest BCUT2D eigenvalue weighted by atomic mass is 16.1. The van der Waals surface area contributed by atoms with E-state index in [1.165, 1.54) is 12.8 Å². The molecule has 1 aliphatic heterocycles. The molecule has 0 spiro atoms. The van der Waals surface area contributed by atoms with Crippen LogP contribution < -0.4 is 10.2 Å². The van der Waals surface area contributed by atoms with E-state index in [0.717, 1.165) is 30.5 Å². The minimum Gasteiger partial charge on any atom is -0.356 e. The molecule has 7 heteroatoms. The lowest BCUT2D eigenvalue weighted by Crippen LogP contribution is -2.34. The molecule has 0 radical (unpaired) electrons. The second kappa shape index (κ2) is 6.51. The smallest absolute Gasteiger partial charge is 0.258 e. The molecule has 4 heterocycles. The summed E-state index contributed by atoms with van der Waals surface area (Å²) in [4.78, 5) is 22.9. The molecule has 1 saturated heterocycles. The zero-order chi connectivity index (χ0) is 17.2. The zero-order valence-electron chi connectivity index (χ0n) is 14.1. The largest absolute Gasteiger partial charge is 0.356 e. The predicted molar refractivity (Wildman–Crippen MR) is 95.8 cm³/mol. The number of pyridine rings is 2. The summed E-state index contributed by atoms with van der Waals surface area (Å²) >= 11 is 0. The van der Waals surface area contributed by atoms with Crippen LogP contribution in [0.25, 0.3) is 5.65 Å². The number of rotatable bonds is 3. The molecule has 7 nitrogen and oxygen atoms in total. The Kier molecular flexibility index (Phi) is 4.05. The van der Waals surface area contributed by atoms with E-state index >= 15 is 0 Å². The Morgan fingerprint density at radius 3 is 2.68 bits per heavy atom. The number of hydrogen-bond donors (Lipinski definition) is 1. The van der Waals surface area contributed by atoms with E-state index in [0.29, 0.717) is 11.5 Å². The molecule has 1 aliphatic rings.